The number of amides is 1. The SMILES string of the molecule is CCc1ccc2occ(C(=O)NC3(CC(=O)O)CCOCC3)c2c1. The quantitative estimate of drug-likeness (QED) is 0.879. The lowest BCUT2D eigenvalue weighted by Gasteiger charge is -2.36. The standard InChI is InChI=1S/C18H21NO5/c1-2-12-3-4-15-13(9-12)14(11-24-15)17(22)19-18(10-16(20)21)5-7-23-8-6-18/h3-4,9,11H,2,5-8,10H2,1H3,(H,19,22)(H,20,21). The molecule has 6 nitrogen and oxygen atoms in total. The van der Waals surface area contributed by atoms with E-state index >= 15 is 0 Å². The molecule has 1 amide bonds. The number of aryl methyl sites for hydroxylation is 1. The smallest absolute Gasteiger partial charge is 0.305 e. The van der Waals surface area contributed by atoms with Crippen LogP contribution >= 0.6 is 0 Å². The van der Waals surface area contributed by atoms with Crippen molar-refractivity contribution < 1.29 is 23.8 Å². The lowest BCUT2D eigenvalue weighted by atomic mass is 9.86. The van der Waals surface area contributed by atoms with Crippen molar-refractivity contribution in [1.29, 1.82) is 0 Å². The molecule has 0 unspecified atom stereocenters. The normalized spacial score (nSPS) is 16.9. The number of furan rings is 1. The second kappa shape index (κ2) is 6.65. The number of carboxylic acids is 1. The summed E-state index contributed by atoms with van der Waals surface area (Å²) in [5.74, 6) is -1.23. The van der Waals surface area contributed by atoms with E-state index in [0.29, 0.717) is 37.2 Å². The minimum atomic E-state index is -0.928. The summed E-state index contributed by atoms with van der Waals surface area (Å²) >= 11 is 0. The Morgan fingerprint density at radius 3 is 2.71 bits per heavy atom. The number of carboxylic acid groups (broad SMARTS) is 1. The van der Waals surface area contributed by atoms with Crippen LogP contribution in [0, 0.1) is 0 Å². The second-order valence-corrected chi connectivity index (χ2v) is 6.25. The van der Waals surface area contributed by atoms with Crippen LogP contribution < -0.4 is 5.32 Å². The van der Waals surface area contributed by atoms with E-state index in [4.69, 9.17) is 9.15 Å². The van der Waals surface area contributed by atoms with Crippen molar-refractivity contribution in [1.82, 2.24) is 5.32 Å². The summed E-state index contributed by atoms with van der Waals surface area (Å²) in [5.41, 5.74) is 1.44. The summed E-state index contributed by atoms with van der Waals surface area (Å²) in [4.78, 5) is 24.0. The highest BCUT2D eigenvalue weighted by molar-refractivity contribution is 6.06. The van der Waals surface area contributed by atoms with E-state index in [-0.39, 0.29) is 12.3 Å². The van der Waals surface area contributed by atoms with Gasteiger partial charge < -0.3 is 19.6 Å². The highest BCUT2D eigenvalue weighted by atomic mass is 16.5. The summed E-state index contributed by atoms with van der Waals surface area (Å²) < 4.78 is 10.8. The van der Waals surface area contributed by atoms with Crippen LogP contribution in [-0.2, 0) is 16.0 Å². The zero-order chi connectivity index (χ0) is 17.2. The van der Waals surface area contributed by atoms with Crippen molar-refractivity contribution in [3.05, 3.63) is 35.6 Å². The molecule has 0 spiro atoms. The molecular formula is C18H21NO5. The van der Waals surface area contributed by atoms with Crippen LogP contribution in [0.15, 0.2) is 28.9 Å². The van der Waals surface area contributed by atoms with Crippen LogP contribution in [0.4, 0.5) is 0 Å². The van der Waals surface area contributed by atoms with Crippen LogP contribution in [-0.4, -0.2) is 35.7 Å². The molecular weight excluding hydrogens is 310 g/mol. The van der Waals surface area contributed by atoms with Crippen molar-refractivity contribution in [2.45, 2.75) is 38.1 Å². The fourth-order valence-electron chi connectivity index (χ4n) is 3.18. The largest absolute Gasteiger partial charge is 0.481 e. The van der Waals surface area contributed by atoms with Crippen molar-refractivity contribution >= 4 is 22.8 Å². The average molecular weight is 331 g/mol. The van der Waals surface area contributed by atoms with Gasteiger partial charge in [-0.3, -0.25) is 9.59 Å². The van der Waals surface area contributed by atoms with Gasteiger partial charge in [0.2, 0.25) is 0 Å². The Hall–Kier alpha value is -2.34. The first-order chi connectivity index (χ1) is 11.5. The van der Waals surface area contributed by atoms with Gasteiger partial charge in [0.15, 0.2) is 0 Å². The first-order valence-electron chi connectivity index (χ1n) is 8.15. The van der Waals surface area contributed by atoms with E-state index < -0.39 is 11.5 Å². The molecule has 1 aromatic heterocycles. The van der Waals surface area contributed by atoms with Crippen molar-refractivity contribution in [3.8, 4) is 0 Å². The maximum Gasteiger partial charge on any atom is 0.305 e. The highest BCUT2D eigenvalue weighted by Crippen LogP contribution is 2.27. The van der Waals surface area contributed by atoms with Crippen LogP contribution in [0.2, 0.25) is 0 Å². The Morgan fingerprint density at radius 1 is 1.29 bits per heavy atom. The Morgan fingerprint density at radius 2 is 2.04 bits per heavy atom. The van der Waals surface area contributed by atoms with Gasteiger partial charge in [-0.25, -0.2) is 0 Å². The highest BCUT2D eigenvalue weighted by Gasteiger charge is 2.37. The predicted molar refractivity (Wildman–Crippen MR) is 88.1 cm³/mol. The van der Waals surface area contributed by atoms with Gasteiger partial charge >= 0.3 is 5.97 Å². The zero-order valence-corrected chi connectivity index (χ0v) is 13.6. The number of nitrogens with one attached hydrogen (secondary N) is 1. The van der Waals surface area contributed by atoms with Crippen molar-refractivity contribution in [2.24, 2.45) is 0 Å². The Labute approximate surface area is 139 Å². The van der Waals surface area contributed by atoms with Crippen LogP contribution in [0.1, 0.15) is 42.1 Å². The van der Waals surface area contributed by atoms with Crippen LogP contribution in [0.5, 0.6) is 0 Å². The predicted octanol–water partition coefficient (Wildman–Crippen LogP) is 2.75. The number of carbonyl (C=O) groups excluding carboxylic acids is 1. The molecule has 0 atom stereocenters. The van der Waals surface area contributed by atoms with E-state index in [9.17, 15) is 14.7 Å². The molecule has 6 heteroatoms. The summed E-state index contributed by atoms with van der Waals surface area (Å²) in [6.07, 6.45) is 3.16. The van der Waals surface area contributed by atoms with Gasteiger partial charge in [0.05, 0.1) is 17.5 Å². The molecule has 0 radical (unpaired) electrons. The second-order valence-electron chi connectivity index (χ2n) is 6.25. The molecule has 0 bridgehead atoms. The van der Waals surface area contributed by atoms with E-state index in [2.05, 4.69) is 5.32 Å². The minimum absolute atomic E-state index is 0.113. The molecule has 1 aromatic carbocycles. The molecule has 1 aliphatic heterocycles. The van der Waals surface area contributed by atoms with Crippen molar-refractivity contribution in [2.75, 3.05) is 13.2 Å². The van der Waals surface area contributed by atoms with Gasteiger partial charge in [-0.1, -0.05) is 13.0 Å². The van der Waals surface area contributed by atoms with E-state index in [0.717, 1.165) is 17.4 Å². The number of fused-ring (bicyclic) bond motifs is 1. The lowest BCUT2D eigenvalue weighted by molar-refractivity contribution is -0.139. The topological polar surface area (TPSA) is 88.8 Å². The third kappa shape index (κ3) is 3.28. The molecule has 1 saturated heterocycles. The molecule has 1 fully saturated rings. The fourth-order valence-corrected chi connectivity index (χ4v) is 3.18. The van der Waals surface area contributed by atoms with Crippen LogP contribution in [0.3, 0.4) is 0 Å². The Kier molecular flexibility index (Phi) is 4.57. The summed E-state index contributed by atoms with van der Waals surface area (Å²) in [6.45, 7) is 2.93. The van der Waals surface area contributed by atoms with E-state index in [1.165, 1.54) is 6.26 Å². The molecule has 2 aromatic rings. The van der Waals surface area contributed by atoms with Gasteiger partial charge in [0.1, 0.15) is 11.8 Å². The number of hydrogen-bond acceptors (Lipinski definition) is 4. The number of rotatable bonds is 5. The average Bonchev–Trinajstić information content (AvgIpc) is 2.97. The number of ether oxygens (including phenoxy) is 1. The molecule has 0 aliphatic carbocycles. The van der Waals surface area contributed by atoms with Crippen molar-refractivity contribution in [3.63, 3.8) is 0 Å². The first kappa shape index (κ1) is 16.5. The summed E-state index contributed by atoms with van der Waals surface area (Å²) in [6, 6.07) is 5.77. The minimum Gasteiger partial charge on any atom is -0.481 e. The van der Waals surface area contributed by atoms with Gasteiger partial charge in [-0.15, -0.1) is 0 Å². The Balaban J connectivity index is 1.89. The first-order valence-corrected chi connectivity index (χ1v) is 8.15. The molecule has 1 aliphatic rings. The van der Waals surface area contributed by atoms with Gasteiger partial charge in [0.25, 0.3) is 5.91 Å². The maximum absolute atomic E-state index is 12.8. The number of hydrogen-bond donors (Lipinski definition) is 2. The molecule has 2 N–H and O–H groups in total. The number of carbonyl (C=O) groups is 2. The molecule has 24 heavy (non-hydrogen) atoms. The molecule has 128 valence electrons. The lowest BCUT2D eigenvalue weighted by Crippen LogP contribution is -2.53. The van der Waals surface area contributed by atoms with Gasteiger partial charge in [-0.2, -0.15) is 0 Å². The van der Waals surface area contributed by atoms with Gasteiger partial charge in [0, 0.05) is 18.6 Å². The summed E-state index contributed by atoms with van der Waals surface area (Å²) in [7, 11) is 0. The Bertz CT molecular complexity index is 758. The zero-order valence-electron chi connectivity index (χ0n) is 13.6. The third-order valence-corrected chi connectivity index (χ3v) is 4.61. The maximum atomic E-state index is 12.8. The van der Waals surface area contributed by atoms with E-state index in [1.807, 2.05) is 25.1 Å². The van der Waals surface area contributed by atoms with E-state index in [1.54, 1.807) is 0 Å². The van der Waals surface area contributed by atoms with Crippen LogP contribution in [0.25, 0.3) is 11.0 Å². The molecule has 3 rings (SSSR count). The molecule has 0 saturated carbocycles. The molecule has 2 heterocycles. The summed E-state index contributed by atoms with van der Waals surface area (Å²) in [5, 5.41) is 12.9. The van der Waals surface area contributed by atoms with Gasteiger partial charge in [-0.05, 0) is 37.0 Å². The number of benzene rings is 1. The third-order valence-electron chi connectivity index (χ3n) is 4.61. The fraction of sp³-hybridized carbons (Fsp3) is 0.444. The number of aliphatic carboxylic acids is 1. The monoisotopic (exact) mass is 331 g/mol.